The van der Waals surface area contributed by atoms with Crippen LogP contribution in [0.5, 0.6) is 0 Å². The molecule has 3 aromatic rings. The molecule has 198 valence electrons. The van der Waals surface area contributed by atoms with Crippen molar-refractivity contribution >= 4 is 17.7 Å². The zero-order valence-corrected chi connectivity index (χ0v) is 21.3. The molecule has 0 bridgehead atoms. The highest BCUT2D eigenvalue weighted by molar-refractivity contribution is 5.94. The summed E-state index contributed by atoms with van der Waals surface area (Å²) in [6.07, 6.45) is 3.00. The lowest BCUT2D eigenvalue weighted by atomic mass is 9.87. The molecule has 2 amide bonds. The molecule has 1 saturated heterocycles. The fourth-order valence-corrected chi connectivity index (χ4v) is 5.56. The third-order valence-corrected chi connectivity index (χ3v) is 7.65. The Labute approximate surface area is 222 Å². The first-order valence-electron chi connectivity index (χ1n) is 13.3. The number of amides is 2. The molecule has 0 spiro atoms. The summed E-state index contributed by atoms with van der Waals surface area (Å²) < 4.78 is 33.3. The van der Waals surface area contributed by atoms with Crippen molar-refractivity contribution < 1.29 is 23.1 Å². The number of piperidine rings is 1. The Morgan fingerprint density at radius 2 is 1.55 bits per heavy atom. The van der Waals surface area contributed by atoms with Crippen molar-refractivity contribution in [1.29, 1.82) is 0 Å². The number of fused-ring (bicyclic) bond motifs is 1. The summed E-state index contributed by atoms with van der Waals surface area (Å²) >= 11 is 0. The molecule has 1 fully saturated rings. The van der Waals surface area contributed by atoms with Gasteiger partial charge in [-0.15, -0.1) is 0 Å². The van der Waals surface area contributed by atoms with Gasteiger partial charge in [-0.3, -0.25) is 4.79 Å². The van der Waals surface area contributed by atoms with Crippen molar-refractivity contribution in [2.24, 2.45) is 5.92 Å². The van der Waals surface area contributed by atoms with Gasteiger partial charge in [0.05, 0.1) is 5.69 Å². The first-order chi connectivity index (χ1) is 18.5. The first-order valence-corrected chi connectivity index (χ1v) is 13.3. The predicted molar refractivity (Wildman–Crippen MR) is 142 cm³/mol. The van der Waals surface area contributed by atoms with Gasteiger partial charge in [-0.1, -0.05) is 48.5 Å². The molecule has 2 heterocycles. The number of nitrogens with zero attached hydrogens (tertiary/aromatic N) is 2. The van der Waals surface area contributed by atoms with Crippen molar-refractivity contribution in [1.82, 2.24) is 4.90 Å². The lowest BCUT2D eigenvalue weighted by Gasteiger charge is -2.32. The SMILES string of the molecule is O=C(OCc1ccccc1)N1CCC(CC(=O)N2CCC[C@H](c3ccc(F)cc3)c3ccc(F)cc32)CC1. The standard InChI is InChI=1S/C31H32F2N2O3/c32-25-10-8-24(9-11-25)27-7-4-16-35(29-20-26(33)12-13-28(27)29)30(36)19-22-14-17-34(18-15-22)31(37)38-21-23-5-2-1-3-6-23/h1-3,5-6,8-13,20,22,27H,4,7,14-19,21H2/t27-/m1/s1. The van der Waals surface area contributed by atoms with Gasteiger partial charge in [0.1, 0.15) is 18.2 Å². The van der Waals surface area contributed by atoms with Crippen molar-refractivity contribution in [3.8, 4) is 0 Å². The third kappa shape index (κ3) is 6.04. The molecule has 2 aliphatic heterocycles. The summed E-state index contributed by atoms with van der Waals surface area (Å²) in [6.45, 7) is 1.84. The van der Waals surface area contributed by atoms with Gasteiger partial charge in [-0.2, -0.15) is 0 Å². The highest BCUT2D eigenvalue weighted by Gasteiger charge is 2.31. The molecule has 7 heteroatoms. The third-order valence-electron chi connectivity index (χ3n) is 7.65. The molecule has 0 unspecified atom stereocenters. The molecule has 0 saturated carbocycles. The van der Waals surface area contributed by atoms with E-state index in [1.165, 1.54) is 24.3 Å². The second kappa shape index (κ2) is 11.8. The second-order valence-corrected chi connectivity index (χ2v) is 10.2. The molecule has 0 N–H and O–H groups in total. The Hall–Kier alpha value is -3.74. The van der Waals surface area contributed by atoms with E-state index in [4.69, 9.17) is 4.74 Å². The van der Waals surface area contributed by atoms with Crippen LogP contribution in [0.3, 0.4) is 0 Å². The largest absolute Gasteiger partial charge is 0.445 e. The maximum absolute atomic E-state index is 14.4. The Kier molecular flexibility index (Phi) is 8.01. The van der Waals surface area contributed by atoms with E-state index in [0.29, 0.717) is 44.6 Å². The number of carbonyl (C=O) groups excluding carboxylic acids is 2. The van der Waals surface area contributed by atoms with Gasteiger partial charge in [0.15, 0.2) is 0 Å². The van der Waals surface area contributed by atoms with Crippen LogP contribution in [0.1, 0.15) is 54.7 Å². The Bertz CT molecular complexity index is 1260. The molecule has 0 aromatic heterocycles. The maximum Gasteiger partial charge on any atom is 0.410 e. The number of likely N-dealkylation sites (tertiary alicyclic amines) is 1. The van der Waals surface area contributed by atoms with Crippen LogP contribution in [0.25, 0.3) is 0 Å². The van der Waals surface area contributed by atoms with Gasteiger partial charge in [0.2, 0.25) is 5.91 Å². The molecule has 0 radical (unpaired) electrons. The molecule has 38 heavy (non-hydrogen) atoms. The van der Waals surface area contributed by atoms with E-state index in [0.717, 1.165) is 29.5 Å². The van der Waals surface area contributed by atoms with Crippen LogP contribution in [0.2, 0.25) is 0 Å². The molecular formula is C31H32F2N2O3. The number of anilines is 1. The van der Waals surface area contributed by atoms with Gasteiger partial charge >= 0.3 is 6.09 Å². The summed E-state index contributed by atoms with van der Waals surface area (Å²) in [5, 5.41) is 0. The zero-order chi connectivity index (χ0) is 26.5. The number of ether oxygens (including phenoxy) is 1. The van der Waals surface area contributed by atoms with E-state index < -0.39 is 0 Å². The monoisotopic (exact) mass is 518 g/mol. The van der Waals surface area contributed by atoms with E-state index in [-0.39, 0.29) is 42.1 Å². The van der Waals surface area contributed by atoms with Crippen LogP contribution < -0.4 is 4.90 Å². The Morgan fingerprint density at radius 3 is 2.29 bits per heavy atom. The van der Waals surface area contributed by atoms with Gasteiger partial charge in [-0.25, -0.2) is 13.6 Å². The highest BCUT2D eigenvalue weighted by atomic mass is 19.1. The minimum Gasteiger partial charge on any atom is -0.445 e. The summed E-state index contributed by atoms with van der Waals surface area (Å²) in [7, 11) is 0. The van der Waals surface area contributed by atoms with Gasteiger partial charge < -0.3 is 14.5 Å². The number of halogens is 2. The molecule has 1 atom stereocenters. The Morgan fingerprint density at radius 1 is 0.842 bits per heavy atom. The molecular weight excluding hydrogens is 486 g/mol. The van der Waals surface area contributed by atoms with Crippen LogP contribution in [0, 0.1) is 17.6 Å². The van der Waals surface area contributed by atoms with Crippen LogP contribution in [-0.2, 0) is 16.1 Å². The smallest absolute Gasteiger partial charge is 0.410 e. The predicted octanol–water partition coefficient (Wildman–Crippen LogP) is 6.66. The van der Waals surface area contributed by atoms with E-state index in [1.807, 2.05) is 30.3 Å². The van der Waals surface area contributed by atoms with Gasteiger partial charge in [-0.05, 0) is 72.6 Å². The number of carbonyl (C=O) groups is 2. The highest BCUT2D eigenvalue weighted by Crippen LogP contribution is 2.39. The molecule has 5 nitrogen and oxygen atoms in total. The maximum atomic E-state index is 14.4. The topological polar surface area (TPSA) is 49.9 Å². The molecule has 0 aliphatic carbocycles. The summed E-state index contributed by atoms with van der Waals surface area (Å²) in [4.78, 5) is 29.4. The number of benzene rings is 3. The van der Waals surface area contributed by atoms with E-state index in [1.54, 1.807) is 28.0 Å². The summed E-state index contributed by atoms with van der Waals surface area (Å²) in [6, 6.07) is 20.6. The fourth-order valence-electron chi connectivity index (χ4n) is 5.56. The van der Waals surface area contributed by atoms with Crippen molar-refractivity contribution in [3.63, 3.8) is 0 Å². The normalized spacial score (nSPS) is 18.0. The van der Waals surface area contributed by atoms with E-state index >= 15 is 0 Å². The van der Waals surface area contributed by atoms with Crippen LogP contribution in [-0.4, -0.2) is 36.5 Å². The van der Waals surface area contributed by atoms with Crippen LogP contribution >= 0.6 is 0 Å². The average molecular weight is 519 g/mol. The van der Waals surface area contributed by atoms with Crippen LogP contribution in [0.4, 0.5) is 19.3 Å². The number of hydrogen-bond acceptors (Lipinski definition) is 3. The average Bonchev–Trinajstić information content (AvgIpc) is 3.12. The second-order valence-electron chi connectivity index (χ2n) is 10.2. The molecule has 2 aliphatic rings. The first kappa shape index (κ1) is 25.9. The lowest BCUT2D eigenvalue weighted by Crippen LogP contribution is -2.40. The van der Waals surface area contributed by atoms with Crippen LogP contribution in [0.15, 0.2) is 72.8 Å². The molecule has 3 aromatic carbocycles. The van der Waals surface area contributed by atoms with Gasteiger partial charge in [0, 0.05) is 32.0 Å². The molecule has 5 rings (SSSR count). The summed E-state index contributed by atoms with van der Waals surface area (Å²) in [5.74, 6) is -0.595. The summed E-state index contributed by atoms with van der Waals surface area (Å²) in [5.41, 5.74) is 3.39. The number of rotatable bonds is 5. The van der Waals surface area contributed by atoms with Crippen molar-refractivity contribution in [2.75, 3.05) is 24.5 Å². The number of hydrogen-bond donors (Lipinski definition) is 0. The van der Waals surface area contributed by atoms with E-state index in [2.05, 4.69) is 0 Å². The Balaban J connectivity index is 1.21. The van der Waals surface area contributed by atoms with Gasteiger partial charge in [0.25, 0.3) is 0 Å². The van der Waals surface area contributed by atoms with Crippen molar-refractivity contribution in [2.45, 2.75) is 44.6 Å². The minimum atomic E-state index is -0.386. The van der Waals surface area contributed by atoms with E-state index in [9.17, 15) is 18.4 Å². The minimum absolute atomic E-state index is 0.0262. The fraction of sp³-hybridized carbons (Fsp3) is 0.355. The zero-order valence-electron chi connectivity index (χ0n) is 21.3. The van der Waals surface area contributed by atoms with Crippen molar-refractivity contribution in [3.05, 3.63) is 101 Å². The quantitative estimate of drug-likeness (QED) is 0.379. The lowest BCUT2D eigenvalue weighted by molar-refractivity contribution is -0.119.